The molecule has 1 aliphatic carbocycles. The molecule has 4 nitrogen and oxygen atoms in total. The fraction of sp³-hybridized carbons (Fsp3) is 0.875. The summed E-state index contributed by atoms with van der Waals surface area (Å²) in [5.41, 5.74) is 2.70. The standard InChI is InChI=1S/C16H25F4NO3/c1-14(2,3)24-13(23)10(5-8-16(18,19)20)11(12(21)22)9-15(17)6-4-7-15/h10-11H,4-9H2,1-3H3,(H2,21,22)/t10-,11+/m1/s1. The fourth-order valence-corrected chi connectivity index (χ4v) is 2.78. The van der Waals surface area contributed by atoms with E-state index in [4.69, 9.17) is 10.5 Å². The summed E-state index contributed by atoms with van der Waals surface area (Å²) in [7, 11) is 0. The molecule has 24 heavy (non-hydrogen) atoms. The van der Waals surface area contributed by atoms with Gasteiger partial charge < -0.3 is 10.5 Å². The van der Waals surface area contributed by atoms with Crippen LogP contribution in [0.15, 0.2) is 0 Å². The number of hydrogen-bond acceptors (Lipinski definition) is 3. The summed E-state index contributed by atoms with van der Waals surface area (Å²) in [5.74, 6) is -4.64. The molecule has 0 aromatic heterocycles. The van der Waals surface area contributed by atoms with E-state index in [0.717, 1.165) is 0 Å². The Balaban J connectivity index is 2.97. The Morgan fingerprint density at radius 3 is 2.04 bits per heavy atom. The van der Waals surface area contributed by atoms with Crippen LogP contribution in [0.5, 0.6) is 0 Å². The van der Waals surface area contributed by atoms with Crippen molar-refractivity contribution in [2.24, 2.45) is 17.6 Å². The Labute approximate surface area is 139 Å². The van der Waals surface area contributed by atoms with Crippen molar-refractivity contribution in [3.8, 4) is 0 Å². The summed E-state index contributed by atoms with van der Waals surface area (Å²) in [6.07, 6.45) is -5.67. The summed E-state index contributed by atoms with van der Waals surface area (Å²) in [6, 6.07) is 0. The van der Waals surface area contributed by atoms with E-state index in [2.05, 4.69) is 0 Å². The van der Waals surface area contributed by atoms with Gasteiger partial charge in [0.25, 0.3) is 0 Å². The minimum Gasteiger partial charge on any atom is -0.460 e. The van der Waals surface area contributed by atoms with Crippen molar-refractivity contribution >= 4 is 11.9 Å². The second kappa shape index (κ2) is 7.27. The Kier molecular flexibility index (Phi) is 6.27. The van der Waals surface area contributed by atoms with Crippen LogP contribution in [-0.4, -0.2) is 29.3 Å². The van der Waals surface area contributed by atoms with Crippen LogP contribution in [0, 0.1) is 11.8 Å². The van der Waals surface area contributed by atoms with Crippen LogP contribution in [0.1, 0.15) is 59.3 Å². The SMILES string of the molecule is CC(C)(C)OC(=O)[C@H](CCC(F)(F)F)[C@H](CC1(F)CCC1)C(N)=O. The molecule has 1 saturated carbocycles. The van der Waals surface area contributed by atoms with E-state index in [1.54, 1.807) is 20.8 Å². The lowest BCUT2D eigenvalue weighted by Crippen LogP contribution is -2.44. The fourth-order valence-electron chi connectivity index (χ4n) is 2.78. The highest BCUT2D eigenvalue weighted by atomic mass is 19.4. The average Bonchev–Trinajstić information content (AvgIpc) is 2.31. The number of rotatable bonds is 7. The monoisotopic (exact) mass is 355 g/mol. The molecule has 1 aliphatic rings. The minimum absolute atomic E-state index is 0.219. The molecule has 140 valence electrons. The van der Waals surface area contributed by atoms with E-state index in [9.17, 15) is 27.2 Å². The predicted octanol–water partition coefficient (Wildman–Crippen LogP) is 3.67. The average molecular weight is 355 g/mol. The molecular weight excluding hydrogens is 330 g/mol. The van der Waals surface area contributed by atoms with E-state index in [0.29, 0.717) is 6.42 Å². The summed E-state index contributed by atoms with van der Waals surface area (Å²) in [6.45, 7) is 4.69. The Morgan fingerprint density at radius 2 is 1.71 bits per heavy atom. The molecule has 1 fully saturated rings. The zero-order chi connectivity index (χ0) is 18.8. The molecule has 0 bridgehead atoms. The first-order chi connectivity index (χ1) is 10.7. The van der Waals surface area contributed by atoms with Gasteiger partial charge in [-0.05, 0) is 52.9 Å². The number of ether oxygens (including phenoxy) is 1. The van der Waals surface area contributed by atoms with Crippen LogP contribution in [0.3, 0.4) is 0 Å². The van der Waals surface area contributed by atoms with Gasteiger partial charge in [-0.15, -0.1) is 0 Å². The molecule has 2 N–H and O–H groups in total. The Hall–Kier alpha value is -1.34. The highest BCUT2D eigenvalue weighted by Crippen LogP contribution is 2.43. The molecule has 2 atom stereocenters. The maximum atomic E-state index is 14.4. The van der Waals surface area contributed by atoms with Gasteiger partial charge in [-0.2, -0.15) is 13.2 Å². The highest BCUT2D eigenvalue weighted by Gasteiger charge is 2.46. The molecule has 0 unspecified atom stereocenters. The zero-order valence-corrected chi connectivity index (χ0v) is 14.2. The van der Waals surface area contributed by atoms with E-state index in [-0.39, 0.29) is 19.3 Å². The Bertz CT molecular complexity index is 467. The number of carbonyl (C=O) groups is 2. The number of alkyl halides is 4. The smallest absolute Gasteiger partial charge is 0.389 e. The topological polar surface area (TPSA) is 69.4 Å². The van der Waals surface area contributed by atoms with Crippen molar-refractivity contribution in [2.75, 3.05) is 0 Å². The van der Waals surface area contributed by atoms with E-state index < -0.39 is 54.0 Å². The first kappa shape index (κ1) is 20.7. The van der Waals surface area contributed by atoms with Gasteiger partial charge in [-0.25, -0.2) is 4.39 Å². The molecular formula is C16H25F4NO3. The van der Waals surface area contributed by atoms with Crippen LogP contribution in [0.25, 0.3) is 0 Å². The van der Waals surface area contributed by atoms with Gasteiger partial charge in [-0.3, -0.25) is 9.59 Å². The number of esters is 1. The van der Waals surface area contributed by atoms with Crippen LogP contribution in [0.4, 0.5) is 17.6 Å². The van der Waals surface area contributed by atoms with Gasteiger partial charge in [0.1, 0.15) is 11.3 Å². The quantitative estimate of drug-likeness (QED) is 0.560. The summed E-state index contributed by atoms with van der Waals surface area (Å²) >= 11 is 0. The van der Waals surface area contributed by atoms with E-state index in [1.807, 2.05) is 0 Å². The van der Waals surface area contributed by atoms with Crippen LogP contribution >= 0.6 is 0 Å². The first-order valence-corrected chi connectivity index (χ1v) is 8.00. The van der Waals surface area contributed by atoms with Crippen LogP contribution in [0.2, 0.25) is 0 Å². The second-order valence-electron chi connectivity index (χ2n) is 7.51. The summed E-state index contributed by atoms with van der Waals surface area (Å²) in [5, 5.41) is 0. The molecule has 1 amide bonds. The van der Waals surface area contributed by atoms with Crippen LogP contribution in [-0.2, 0) is 14.3 Å². The zero-order valence-electron chi connectivity index (χ0n) is 14.2. The third kappa shape index (κ3) is 6.65. The Morgan fingerprint density at radius 1 is 1.17 bits per heavy atom. The second-order valence-corrected chi connectivity index (χ2v) is 7.51. The van der Waals surface area contributed by atoms with Gasteiger partial charge in [0.2, 0.25) is 5.91 Å². The number of carbonyl (C=O) groups excluding carboxylic acids is 2. The van der Waals surface area contributed by atoms with Gasteiger partial charge in [0.15, 0.2) is 0 Å². The summed E-state index contributed by atoms with van der Waals surface area (Å²) in [4.78, 5) is 24.0. The molecule has 8 heteroatoms. The van der Waals surface area contributed by atoms with Crippen molar-refractivity contribution < 1.29 is 31.9 Å². The molecule has 0 aromatic rings. The lowest BCUT2D eigenvalue weighted by molar-refractivity contribution is -0.169. The normalized spacial score (nSPS) is 20.0. The number of amides is 1. The maximum absolute atomic E-state index is 14.4. The lowest BCUT2D eigenvalue weighted by atomic mass is 9.72. The van der Waals surface area contributed by atoms with Crippen molar-refractivity contribution in [3.05, 3.63) is 0 Å². The molecule has 0 spiro atoms. The lowest BCUT2D eigenvalue weighted by Gasteiger charge is -2.38. The number of hydrogen-bond donors (Lipinski definition) is 1. The van der Waals surface area contributed by atoms with Gasteiger partial charge >= 0.3 is 12.1 Å². The van der Waals surface area contributed by atoms with Crippen molar-refractivity contribution in [1.82, 2.24) is 0 Å². The third-order valence-corrected chi connectivity index (χ3v) is 4.13. The minimum atomic E-state index is -4.49. The summed E-state index contributed by atoms with van der Waals surface area (Å²) < 4.78 is 57.2. The third-order valence-electron chi connectivity index (χ3n) is 4.13. The van der Waals surface area contributed by atoms with Gasteiger partial charge in [0.05, 0.1) is 11.8 Å². The molecule has 0 radical (unpaired) electrons. The van der Waals surface area contributed by atoms with Gasteiger partial charge in [-0.1, -0.05) is 0 Å². The van der Waals surface area contributed by atoms with Crippen molar-refractivity contribution in [1.29, 1.82) is 0 Å². The van der Waals surface area contributed by atoms with E-state index >= 15 is 0 Å². The molecule has 0 aliphatic heterocycles. The predicted molar refractivity (Wildman–Crippen MR) is 79.6 cm³/mol. The van der Waals surface area contributed by atoms with E-state index in [1.165, 1.54) is 0 Å². The molecule has 0 aromatic carbocycles. The largest absolute Gasteiger partial charge is 0.460 e. The molecule has 0 heterocycles. The number of halogens is 4. The molecule has 0 saturated heterocycles. The van der Waals surface area contributed by atoms with Gasteiger partial charge in [0, 0.05) is 6.42 Å². The number of primary amides is 1. The highest BCUT2D eigenvalue weighted by molar-refractivity contribution is 5.84. The van der Waals surface area contributed by atoms with Crippen molar-refractivity contribution in [2.45, 2.75) is 76.7 Å². The van der Waals surface area contributed by atoms with Crippen LogP contribution < -0.4 is 5.73 Å². The number of nitrogens with two attached hydrogens (primary N) is 1. The molecule has 1 rings (SSSR count). The maximum Gasteiger partial charge on any atom is 0.389 e. The van der Waals surface area contributed by atoms with Crippen molar-refractivity contribution in [3.63, 3.8) is 0 Å². The first-order valence-electron chi connectivity index (χ1n) is 8.00.